The number of aromatic nitrogens is 1. The lowest BCUT2D eigenvalue weighted by Gasteiger charge is -2.22. The highest BCUT2D eigenvalue weighted by Gasteiger charge is 2.23. The third-order valence-electron chi connectivity index (χ3n) is 4.95. The number of anilines is 1. The normalized spacial score (nSPS) is 15.3. The summed E-state index contributed by atoms with van der Waals surface area (Å²) in [4.78, 5) is 11.3. The fraction of sp³-hybridized carbons (Fsp3) is 0.348. The lowest BCUT2D eigenvalue weighted by atomic mass is 10.2. The fourth-order valence-corrected chi connectivity index (χ4v) is 3.25. The smallest absolute Gasteiger partial charge is 0.245 e. The zero-order valence-electron chi connectivity index (χ0n) is 17.1. The number of benzene rings is 1. The Balaban J connectivity index is 1.94. The molecule has 1 aliphatic rings. The molecule has 5 nitrogen and oxygen atoms in total. The summed E-state index contributed by atoms with van der Waals surface area (Å²) in [7, 11) is 0. The molecule has 0 unspecified atom stereocenters. The monoisotopic (exact) mass is 392 g/mol. The number of aliphatic imine (C=N–C) groups is 1. The van der Waals surface area contributed by atoms with Crippen LogP contribution in [-0.2, 0) is 13.0 Å². The summed E-state index contributed by atoms with van der Waals surface area (Å²) in [5.41, 5.74) is 3.69. The number of halogens is 1. The minimum Gasteiger partial charge on any atom is -0.440 e. The largest absolute Gasteiger partial charge is 0.440 e. The van der Waals surface area contributed by atoms with Crippen molar-refractivity contribution in [1.82, 2.24) is 4.98 Å². The van der Waals surface area contributed by atoms with E-state index in [1.165, 1.54) is 12.1 Å². The molecule has 1 aromatic heterocycles. The van der Waals surface area contributed by atoms with E-state index in [0.29, 0.717) is 23.7 Å². The number of aryl methyl sites for hydroxylation is 1. The van der Waals surface area contributed by atoms with Crippen molar-refractivity contribution in [3.05, 3.63) is 64.6 Å². The van der Waals surface area contributed by atoms with Gasteiger partial charge in [0.05, 0.1) is 18.2 Å². The molecule has 1 aromatic carbocycles. The average Bonchev–Trinajstić information content (AvgIpc) is 3.00. The predicted octanol–water partition coefficient (Wildman–Crippen LogP) is 5.43. The summed E-state index contributed by atoms with van der Waals surface area (Å²) in [6, 6.07) is 6.43. The second kappa shape index (κ2) is 9.33. The Bertz CT molecular complexity index is 1010. The summed E-state index contributed by atoms with van der Waals surface area (Å²) in [5, 5.41) is 9.14. The molecule has 6 heteroatoms. The van der Waals surface area contributed by atoms with Gasteiger partial charge in [-0.25, -0.2) is 9.37 Å². The van der Waals surface area contributed by atoms with Crippen LogP contribution in [0.25, 0.3) is 5.70 Å². The number of fused-ring (bicyclic) bond motifs is 1. The second-order valence-corrected chi connectivity index (χ2v) is 7.01. The molecule has 0 amide bonds. The van der Waals surface area contributed by atoms with Gasteiger partial charge in [0.2, 0.25) is 5.89 Å². The van der Waals surface area contributed by atoms with E-state index in [0.717, 1.165) is 48.5 Å². The van der Waals surface area contributed by atoms with Crippen molar-refractivity contribution in [2.45, 2.75) is 46.6 Å². The van der Waals surface area contributed by atoms with Crippen LogP contribution >= 0.6 is 0 Å². The van der Waals surface area contributed by atoms with Gasteiger partial charge < -0.3 is 9.32 Å². The molecule has 0 atom stereocenters. The Labute approximate surface area is 170 Å². The number of rotatable bonds is 5. The molecule has 29 heavy (non-hydrogen) atoms. The topological polar surface area (TPSA) is 65.4 Å². The fourth-order valence-electron chi connectivity index (χ4n) is 3.25. The highest BCUT2D eigenvalue weighted by atomic mass is 19.1. The third-order valence-corrected chi connectivity index (χ3v) is 4.95. The van der Waals surface area contributed by atoms with E-state index in [4.69, 9.17) is 14.7 Å². The molecule has 0 aliphatic carbocycles. The summed E-state index contributed by atoms with van der Waals surface area (Å²) in [5.74, 6) is 0.961. The molecule has 0 N–H and O–H groups in total. The Morgan fingerprint density at radius 3 is 2.97 bits per heavy atom. The molecular weight excluding hydrogens is 367 g/mol. The summed E-state index contributed by atoms with van der Waals surface area (Å²) < 4.78 is 20.0. The Morgan fingerprint density at radius 1 is 1.41 bits per heavy atom. The standard InChI is InChI=1S/C23H25FN4O/c1-4-6-9-26-22(16(3)5-2)23-27-20-15-28(10-7-8-21(20)29-23)19-12-17(14-25)11-18(24)13-19/h4,6,9,11-13H,5,7-8,10,15H2,1-3H3/b6-4-,22-16?,26-9?. The molecule has 2 aromatic rings. The van der Waals surface area contributed by atoms with E-state index in [-0.39, 0.29) is 0 Å². The first-order valence-corrected chi connectivity index (χ1v) is 9.85. The quantitative estimate of drug-likeness (QED) is 0.637. The molecule has 0 bridgehead atoms. The van der Waals surface area contributed by atoms with Crippen molar-refractivity contribution in [1.29, 1.82) is 5.26 Å². The van der Waals surface area contributed by atoms with Gasteiger partial charge in [-0.15, -0.1) is 0 Å². The van der Waals surface area contributed by atoms with Gasteiger partial charge in [0.1, 0.15) is 23.0 Å². The highest BCUT2D eigenvalue weighted by molar-refractivity contribution is 5.79. The number of hydrogen-bond donors (Lipinski definition) is 0. The van der Waals surface area contributed by atoms with Crippen LogP contribution in [0.4, 0.5) is 10.1 Å². The van der Waals surface area contributed by atoms with Gasteiger partial charge in [-0.3, -0.25) is 4.99 Å². The van der Waals surface area contributed by atoms with Crippen LogP contribution in [0.15, 0.2) is 45.3 Å². The molecule has 1 aliphatic heterocycles. The van der Waals surface area contributed by atoms with Crippen molar-refractivity contribution in [3.63, 3.8) is 0 Å². The highest BCUT2D eigenvalue weighted by Crippen LogP contribution is 2.29. The molecule has 3 rings (SSSR count). The molecule has 0 saturated heterocycles. The lowest BCUT2D eigenvalue weighted by Crippen LogP contribution is -2.23. The molecule has 0 fully saturated rings. The maximum absolute atomic E-state index is 13.9. The SMILES string of the molecule is C/C=C\C=NC(=C(C)CC)c1nc2c(o1)CCCN(c1cc(F)cc(C#N)c1)C2. The molecule has 0 radical (unpaired) electrons. The van der Waals surface area contributed by atoms with Crippen LogP contribution in [0.1, 0.15) is 56.5 Å². The molecular formula is C23H25FN4O. The number of nitriles is 1. The van der Waals surface area contributed by atoms with Gasteiger partial charge in [-0.1, -0.05) is 13.0 Å². The first-order valence-electron chi connectivity index (χ1n) is 9.85. The first-order chi connectivity index (χ1) is 14.0. The second-order valence-electron chi connectivity index (χ2n) is 7.01. The van der Waals surface area contributed by atoms with Crippen LogP contribution in [0, 0.1) is 17.1 Å². The van der Waals surface area contributed by atoms with Gasteiger partial charge in [-0.05, 0) is 56.5 Å². The molecule has 150 valence electrons. The van der Waals surface area contributed by atoms with E-state index in [1.54, 1.807) is 12.3 Å². The maximum Gasteiger partial charge on any atom is 0.245 e. The zero-order valence-corrected chi connectivity index (χ0v) is 17.1. The predicted molar refractivity (Wildman–Crippen MR) is 113 cm³/mol. The van der Waals surface area contributed by atoms with E-state index < -0.39 is 5.82 Å². The van der Waals surface area contributed by atoms with E-state index in [1.807, 2.05) is 37.0 Å². The van der Waals surface area contributed by atoms with Gasteiger partial charge in [0, 0.05) is 24.9 Å². The molecule has 0 saturated carbocycles. The van der Waals surface area contributed by atoms with Gasteiger partial charge in [0.15, 0.2) is 0 Å². The summed E-state index contributed by atoms with van der Waals surface area (Å²) in [6.07, 6.45) is 7.99. The van der Waals surface area contributed by atoms with Crippen molar-refractivity contribution in [2.75, 3.05) is 11.4 Å². The third kappa shape index (κ3) is 4.80. The maximum atomic E-state index is 13.9. The minimum atomic E-state index is -0.411. The van der Waals surface area contributed by atoms with Crippen LogP contribution < -0.4 is 4.90 Å². The zero-order chi connectivity index (χ0) is 20.8. The van der Waals surface area contributed by atoms with Crippen LogP contribution in [0.3, 0.4) is 0 Å². The number of hydrogen-bond acceptors (Lipinski definition) is 5. The first kappa shape index (κ1) is 20.5. The van der Waals surface area contributed by atoms with Gasteiger partial charge in [0.25, 0.3) is 0 Å². The van der Waals surface area contributed by atoms with Crippen molar-refractivity contribution in [2.24, 2.45) is 4.99 Å². The Morgan fingerprint density at radius 2 is 2.24 bits per heavy atom. The number of oxazole rings is 1. The van der Waals surface area contributed by atoms with Crippen LogP contribution in [-0.4, -0.2) is 17.7 Å². The van der Waals surface area contributed by atoms with E-state index in [9.17, 15) is 4.39 Å². The van der Waals surface area contributed by atoms with Crippen molar-refractivity contribution in [3.8, 4) is 6.07 Å². The van der Waals surface area contributed by atoms with Crippen molar-refractivity contribution >= 4 is 17.6 Å². The van der Waals surface area contributed by atoms with E-state index in [2.05, 4.69) is 11.9 Å². The summed E-state index contributed by atoms with van der Waals surface area (Å²) >= 11 is 0. The molecule has 2 heterocycles. The summed E-state index contributed by atoms with van der Waals surface area (Å²) in [6.45, 7) is 7.29. The number of allylic oxidation sites excluding steroid dienone is 3. The van der Waals surface area contributed by atoms with Gasteiger partial charge >= 0.3 is 0 Å². The Hall–Kier alpha value is -3.20. The van der Waals surface area contributed by atoms with Crippen LogP contribution in [0.2, 0.25) is 0 Å². The van der Waals surface area contributed by atoms with E-state index >= 15 is 0 Å². The number of nitrogens with zero attached hydrogens (tertiary/aromatic N) is 4. The minimum absolute atomic E-state index is 0.312. The van der Waals surface area contributed by atoms with Crippen LogP contribution in [0.5, 0.6) is 0 Å². The lowest BCUT2D eigenvalue weighted by molar-refractivity contribution is 0.486. The van der Waals surface area contributed by atoms with Gasteiger partial charge in [-0.2, -0.15) is 5.26 Å². The average molecular weight is 392 g/mol. The van der Waals surface area contributed by atoms with Crippen molar-refractivity contribution < 1.29 is 8.81 Å². The molecule has 0 spiro atoms. The Kier molecular flexibility index (Phi) is 6.61.